The Kier molecular flexibility index (Phi) is 2.68. The molecule has 0 aliphatic carbocycles. The van der Waals surface area contributed by atoms with Crippen LogP contribution >= 0.6 is 0 Å². The minimum Gasteiger partial charge on any atom is -0.388 e. The van der Waals surface area contributed by atoms with E-state index < -0.39 is 11.4 Å². The molecule has 1 N–H and O–H groups in total. The minimum absolute atomic E-state index is 0.225. The van der Waals surface area contributed by atoms with Crippen molar-refractivity contribution in [3.05, 3.63) is 35.6 Å². The maximum absolute atomic E-state index is 12.9. The van der Waals surface area contributed by atoms with Gasteiger partial charge in [-0.05, 0) is 31.5 Å². The first-order chi connectivity index (χ1) is 7.48. The van der Waals surface area contributed by atoms with E-state index in [1.165, 1.54) is 18.2 Å². The van der Waals surface area contributed by atoms with Gasteiger partial charge in [-0.1, -0.05) is 6.07 Å². The van der Waals surface area contributed by atoms with Crippen LogP contribution in [0.2, 0.25) is 0 Å². The highest BCUT2D eigenvalue weighted by atomic mass is 19.1. The Morgan fingerprint density at radius 2 is 2.31 bits per heavy atom. The van der Waals surface area contributed by atoms with Gasteiger partial charge in [0.2, 0.25) is 0 Å². The normalized spacial score (nSPS) is 24.8. The number of hydrogen-bond acceptors (Lipinski definition) is 2. The molecule has 0 aromatic heterocycles. The molecule has 1 saturated heterocycles. The Balaban J connectivity index is 2.15. The number of hydrogen-bond donors (Lipinski definition) is 1. The number of halogens is 1. The number of amides is 1. The number of nitrogens with zero attached hydrogens (tertiary/aromatic N) is 1. The zero-order chi connectivity index (χ0) is 11.8. The third-order valence-corrected chi connectivity index (χ3v) is 2.81. The van der Waals surface area contributed by atoms with E-state index in [1.807, 2.05) is 0 Å². The number of β-amino-alcohol motifs (C(OH)–C–C–N with tert-alkyl or cyclic N) is 1. The summed E-state index contributed by atoms with van der Waals surface area (Å²) >= 11 is 0. The van der Waals surface area contributed by atoms with Crippen LogP contribution in [0, 0.1) is 5.82 Å². The molecule has 1 aromatic rings. The second-order valence-corrected chi connectivity index (χ2v) is 4.48. The molecule has 1 aliphatic heterocycles. The standard InChI is InChI=1S/C12H14FNO2/c1-12(16)5-6-14(8-12)11(15)9-3-2-4-10(13)7-9/h2-4,7,16H,5-6,8H2,1H3. The van der Waals surface area contributed by atoms with Crippen molar-refractivity contribution in [2.75, 3.05) is 13.1 Å². The predicted molar refractivity (Wildman–Crippen MR) is 57.5 cm³/mol. The van der Waals surface area contributed by atoms with E-state index in [1.54, 1.807) is 17.9 Å². The van der Waals surface area contributed by atoms with Crippen molar-refractivity contribution >= 4 is 5.91 Å². The Bertz CT molecular complexity index is 417. The summed E-state index contributed by atoms with van der Waals surface area (Å²) in [5, 5.41) is 9.75. The topological polar surface area (TPSA) is 40.5 Å². The van der Waals surface area contributed by atoms with E-state index >= 15 is 0 Å². The van der Waals surface area contributed by atoms with E-state index in [0.717, 1.165) is 0 Å². The summed E-state index contributed by atoms with van der Waals surface area (Å²) in [5.74, 6) is -0.644. The van der Waals surface area contributed by atoms with E-state index in [-0.39, 0.29) is 5.91 Å². The van der Waals surface area contributed by atoms with Crippen molar-refractivity contribution in [1.29, 1.82) is 0 Å². The molecule has 0 saturated carbocycles. The van der Waals surface area contributed by atoms with Gasteiger partial charge < -0.3 is 10.0 Å². The molecule has 1 atom stereocenters. The zero-order valence-electron chi connectivity index (χ0n) is 9.11. The smallest absolute Gasteiger partial charge is 0.254 e. The highest BCUT2D eigenvalue weighted by Crippen LogP contribution is 2.22. The van der Waals surface area contributed by atoms with Gasteiger partial charge in [0, 0.05) is 18.7 Å². The molecule has 3 nitrogen and oxygen atoms in total. The summed E-state index contributed by atoms with van der Waals surface area (Å²) in [6, 6.07) is 5.61. The lowest BCUT2D eigenvalue weighted by molar-refractivity contribution is 0.0572. The van der Waals surface area contributed by atoms with Gasteiger partial charge in [-0.3, -0.25) is 4.79 Å². The van der Waals surface area contributed by atoms with Crippen LogP contribution in [0.5, 0.6) is 0 Å². The second kappa shape index (κ2) is 3.87. The molecule has 86 valence electrons. The highest BCUT2D eigenvalue weighted by molar-refractivity contribution is 5.94. The van der Waals surface area contributed by atoms with Crippen LogP contribution in [0.25, 0.3) is 0 Å². The van der Waals surface area contributed by atoms with Crippen LogP contribution in [0.3, 0.4) is 0 Å². The van der Waals surface area contributed by atoms with Gasteiger partial charge in [0.1, 0.15) is 5.82 Å². The molecular formula is C12H14FNO2. The van der Waals surface area contributed by atoms with Crippen LogP contribution in [-0.2, 0) is 0 Å². The molecular weight excluding hydrogens is 209 g/mol. The number of rotatable bonds is 1. The van der Waals surface area contributed by atoms with Crippen molar-refractivity contribution in [2.45, 2.75) is 18.9 Å². The maximum Gasteiger partial charge on any atom is 0.254 e. The number of carbonyl (C=O) groups excluding carboxylic acids is 1. The van der Waals surface area contributed by atoms with Gasteiger partial charge in [0.15, 0.2) is 0 Å². The van der Waals surface area contributed by atoms with Gasteiger partial charge in [0.25, 0.3) is 5.91 Å². The van der Waals surface area contributed by atoms with Crippen molar-refractivity contribution in [3.63, 3.8) is 0 Å². The average Bonchev–Trinajstić information content (AvgIpc) is 2.58. The Morgan fingerprint density at radius 3 is 2.88 bits per heavy atom. The highest BCUT2D eigenvalue weighted by Gasteiger charge is 2.34. The van der Waals surface area contributed by atoms with Gasteiger partial charge in [-0.2, -0.15) is 0 Å². The monoisotopic (exact) mass is 223 g/mol. The summed E-state index contributed by atoms with van der Waals surface area (Å²) in [4.78, 5) is 13.5. The quantitative estimate of drug-likeness (QED) is 0.782. The number of aliphatic hydroxyl groups is 1. The number of carbonyl (C=O) groups is 1. The SMILES string of the molecule is CC1(O)CCN(C(=O)c2cccc(F)c2)C1. The van der Waals surface area contributed by atoms with Gasteiger partial charge in [0.05, 0.1) is 5.60 Å². The molecule has 2 rings (SSSR count). The summed E-state index contributed by atoms with van der Waals surface area (Å²) in [5.41, 5.74) is -0.485. The van der Waals surface area contributed by atoms with Crippen LogP contribution in [0.4, 0.5) is 4.39 Å². The van der Waals surface area contributed by atoms with Crippen molar-refractivity contribution in [3.8, 4) is 0 Å². The van der Waals surface area contributed by atoms with E-state index in [9.17, 15) is 14.3 Å². The lowest BCUT2D eigenvalue weighted by atomic mass is 10.1. The van der Waals surface area contributed by atoms with Crippen molar-refractivity contribution in [1.82, 2.24) is 4.90 Å². The number of benzene rings is 1. The van der Waals surface area contributed by atoms with Crippen molar-refractivity contribution < 1.29 is 14.3 Å². The molecule has 1 aliphatic rings. The predicted octanol–water partition coefficient (Wildman–Crippen LogP) is 1.42. The second-order valence-electron chi connectivity index (χ2n) is 4.48. The Hall–Kier alpha value is -1.42. The molecule has 1 fully saturated rings. The lowest BCUT2D eigenvalue weighted by Crippen LogP contribution is -2.33. The molecule has 1 aromatic carbocycles. The minimum atomic E-state index is -0.816. The zero-order valence-corrected chi connectivity index (χ0v) is 9.11. The van der Waals surface area contributed by atoms with Gasteiger partial charge in [-0.15, -0.1) is 0 Å². The first-order valence-corrected chi connectivity index (χ1v) is 5.25. The van der Waals surface area contributed by atoms with Gasteiger partial charge >= 0.3 is 0 Å². The van der Waals surface area contributed by atoms with E-state index in [0.29, 0.717) is 25.1 Å². The first kappa shape index (κ1) is 11.1. The fraction of sp³-hybridized carbons (Fsp3) is 0.417. The van der Waals surface area contributed by atoms with Crippen LogP contribution in [0.1, 0.15) is 23.7 Å². The van der Waals surface area contributed by atoms with Crippen molar-refractivity contribution in [2.24, 2.45) is 0 Å². The fourth-order valence-electron chi connectivity index (χ4n) is 1.92. The molecule has 1 heterocycles. The summed E-state index contributed by atoms with van der Waals surface area (Å²) in [7, 11) is 0. The fourth-order valence-corrected chi connectivity index (χ4v) is 1.92. The molecule has 1 unspecified atom stereocenters. The molecule has 0 spiro atoms. The molecule has 0 radical (unpaired) electrons. The lowest BCUT2D eigenvalue weighted by Gasteiger charge is -2.19. The largest absolute Gasteiger partial charge is 0.388 e. The van der Waals surface area contributed by atoms with Crippen LogP contribution in [0.15, 0.2) is 24.3 Å². The third kappa shape index (κ3) is 2.22. The number of likely N-dealkylation sites (tertiary alicyclic amines) is 1. The average molecular weight is 223 g/mol. The molecule has 4 heteroatoms. The molecule has 16 heavy (non-hydrogen) atoms. The van der Waals surface area contributed by atoms with E-state index in [2.05, 4.69) is 0 Å². The Labute approximate surface area is 93.5 Å². The first-order valence-electron chi connectivity index (χ1n) is 5.25. The summed E-state index contributed by atoms with van der Waals surface area (Å²) in [6.45, 7) is 2.52. The third-order valence-electron chi connectivity index (χ3n) is 2.81. The van der Waals surface area contributed by atoms with E-state index in [4.69, 9.17) is 0 Å². The molecule has 1 amide bonds. The maximum atomic E-state index is 12.9. The van der Waals surface area contributed by atoms with Crippen LogP contribution in [-0.4, -0.2) is 34.6 Å². The summed E-state index contributed by atoms with van der Waals surface area (Å²) < 4.78 is 12.9. The summed E-state index contributed by atoms with van der Waals surface area (Å²) in [6.07, 6.45) is 0.564. The van der Waals surface area contributed by atoms with Gasteiger partial charge in [-0.25, -0.2) is 4.39 Å². The van der Waals surface area contributed by atoms with Crippen LogP contribution < -0.4 is 0 Å². The molecule has 0 bridgehead atoms. The Morgan fingerprint density at radius 1 is 1.56 bits per heavy atom.